The molecule has 1 rings (SSSR count). The summed E-state index contributed by atoms with van der Waals surface area (Å²) in [6.45, 7) is 7.49. The van der Waals surface area contributed by atoms with Crippen molar-refractivity contribution in [3.8, 4) is 0 Å². The van der Waals surface area contributed by atoms with Crippen LogP contribution in [0.4, 0.5) is 13.2 Å². The molecule has 1 aliphatic rings. The third-order valence-corrected chi connectivity index (χ3v) is 2.15. The molecule has 0 heterocycles. The van der Waals surface area contributed by atoms with Crippen molar-refractivity contribution in [3.05, 3.63) is 0 Å². The van der Waals surface area contributed by atoms with Crippen LogP contribution >= 0.6 is 0 Å². The molecule has 86 valence electrons. The summed E-state index contributed by atoms with van der Waals surface area (Å²) in [6, 6.07) is 0. The lowest BCUT2D eigenvalue weighted by atomic mass is 9.84. The highest BCUT2D eigenvalue weighted by molar-refractivity contribution is 4.92. The highest BCUT2D eigenvalue weighted by Crippen LogP contribution is 2.43. The first-order valence-corrected chi connectivity index (χ1v) is 5.26. The van der Waals surface area contributed by atoms with E-state index in [1.807, 2.05) is 0 Å². The number of hydrogen-bond acceptors (Lipinski definition) is 0. The average molecular weight is 210 g/mol. The SMILES string of the molecule is CC(C)C.CC1(F)CCCCC1(F)F. The van der Waals surface area contributed by atoms with E-state index >= 15 is 0 Å². The Balaban J connectivity index is 0.000000364. The van der Waals surface area contributed by atoms with Crippen molar-refractivity contribution in [2.24, 2.45) is 5.92 Å². The van der Waals surface area contributed by atoms with E-state index in [0.29, 0.717) is 12.8 Å². The molecule has 14 heavy (non-hydrogen) atoms. The van der Waals surface area contributed by atoms with E-state index in [0.717, 1.165) is 12.8 Å². The zero-order valence-corrected chi connectivity index (χ0v) is 9.54. The van der Waals surface area contributed by atoms with Crippen molar-refractivity contribution in [1.82, 2.24) is 0 Å². The van der Waals surface area contributed by atoms with Gasteiger partial charge >= 0.3 is 0 Å². The first-order chi connectivity index (χ1) is 6.19. The molecule has 1 fully saturated rings. The maximum Gasteiger partial charge on any atom is 0.281 e. The van der Waals surface area contributed by atoms with Gasteiger partial charge in [0.1, 0.15) is 0 Å². The number of rotatable bonds is 0. The van der Waals surface area contributed by atoms with Crippen LogP contribution in [0.5, 0.6) is 0 Å². The molecule has 0 bridgehead atoms. The summed E-state index contributed by atoms with van der Waals surface area (Å²) in [5.41, 5.74) is -2.26. The summed E-state index contributed by atoms with van der Waals surface area (Å²) >= 11 is 0. The lowest BCUT2D eigenvalue weighted by Crippen LogP contribution is -2.44. The highest BCUT2D eigenvalue weighted by Gasteiger charge is 2.51. The molecule has 0 aromatic heterocycles. The van der Waals surface area contributed by atoms with E-state index < -0.39 is 11.6 Å². The molecule has 0 N–H and O–H groups in total. The van der Waals surface area contributed by atoms with Crippen molar-refractivity contribution in [2.75, 3.05) is 0 Å². The average Bonchev–Trinajstić information content (AvgIpc) is 1.94. The van der Waals surface area contributed by atoms with Gasteiger partial charge in [-0.2, -0.15) is 0 Å². The number of hydrogen-bond donors (Lipinski definition) is 0. The molecule has 0 aromatic rings. The Bertz CT molecular complexity index is 143. The van der Waals surface area contributed by atoms with Crippen LogP contribution in [0.1, 0.15) is 53.4 Å². The van der Waals surface area contributed by atoms with E-state index in [4.69, 9.17) is 0 Å². The van der Waals surface area contributed by atoms with Gasteiger partial charge in [0.2, 0.25) is 0 Å². The summed E-state index contributed by atoms with van der Waals surface area (Å²) in [6.07, 6.45) is 0.745. The second-order valence-electron chi connectivity index (χ2n) is 4.84. The maximum absolute atomic E-state index is 12.9. The third-order valence-electron chi connectivity index (χ3n) is 2.15. The van der Waals surface area contributed by atoms with Crippen molar-refractivity contribution < 1.29 is 13.2 Å². The fourth-order valence-electron chi connectivity index (χ4n) is 1.25. The Hall–Kier alpha value is -0.210. The molecule has 0 amide bonds. The zero-order chi connectivity index (χ0) is 11.4. The van der Waals surface area contributed by atoms with Crippen LogP contribution in [-0.2, 0) is 0 Å². The molecule has 0 aliphatic heterocycles. The molecule has 0 radical (unpaired) electrons. The molecule has 0 nitrogen and oxygen atoms in total. The quantitative estimate of drug-likeness (QED) is 0.548. The molecule has 0 spiro atoms. The maximum atomic E-state index is 12.9. The predicted octanol–water partition coefficient (Wildman–Crippen LogP) is 4.59. The van der Waals surface area contributed by atoms with Gasteiger partial charge in [-0.15, -0.1) is 0 Å². The van der Waals surface area contributed by atoms with Crippen molar-refractivity contribution in [3.63, 3.8) is 0 Å². The summed E-state index contributed by atoms with van der Waals surface area (Å²) in [4.78, 5) is 0. The van der Waals surface area contributed by atoms with Crippen LogP contribution in [0, 0.1) is 5.92 Å². The fourth-order valence-corrected chi connectivity index (χ4v) is 1.25. The second-order valence-corrected chi connectivity index (χ2v) is 4.84. The molecular weight excluding hydrogens is 189 g/mol. The van der Waals surface area contributed by atoms with Gasteiger partial charge in [-0.05, 0) is 32.1 Å². The lowest BCUT2D eigenvalue weighted by molar-refractivity contribution is -0.153. The van der Waals surface area contributed by atoms with E-state index in [9.17, 15) is 13.2 Å². The van der Waals surface area contributed by atoms with Crippen LogP contribution in [-0.4, -0.2) is 11.6 Å². The topological polar surface area (TPSA) is 0 Å². The lowest BCUT2D eigenvalue weighted by Gasteiger charge is -2.34. The Morgan fingerprint density at radius 1 is 0.929 bits per heavy atom. The van der Waals surface area contributed by atoms with Crippen LogP contribution < -0.4 is 0 Å². The molecular formula is C11H21F3. The second kappa shape index (κ2) is 5.04. The van der Waals surface area contributed by atoms with Crippen molar-refractivity contribution in [1.29, 1.82) is 0 Å². The third kappa shape index (κ3) is 4.34. The van der Waals surface area contributed by atoms with Gasteiger partial charge in [0.05, 0.1) is 0 Å². The van der Waals surface area contributed by atoms with Gasteiger partial charge in [0.15, 0.2) is 5.67 Å². The van der Waals surface area contributed by atoms with E-state index in [1.165, 1.54) is 0 Å². The van der Waals surface area contributed by atoms with Gasteiger partial charge in [0.25, 0.3) is 5.92 Å². The van der Waals surface area contributed by atoms with E-state index in [2.05, 4.69) is 20.8 Å². The number of alkyl halides is 3. The standard InChI is InChI=1S/C7H11F3.C4H10/c1-6(8)4-2-3-5-7(6,9)10;1-4(2)3/h2-5H2,1H3;4H,1-3H3. The predicted molar refractivity (Wildman–Crippen MR) is 53.4 cm³/mol. The van der Waals surface area contributed by atoms with Crippen molar-refractivity contribution >= 4 is 0 Å². The molecule has 1 saturated carbocycles. The van der Waals surface area contributed by atoms with Gasteiger partial charge < -0.3 is 0 Å². The largest absolute Gasteiger partial charge is 0.281 e. The smallest absolute Gasteiger partial charge is 0.238 e. The minimum Gasteiger partial charge on any atom is -0.238 e. The molecule has 3 heteroatoms. The monoisotopic (exact) mass is 210 g/mol. The van der Waals surface area contributed by atoms with Gasteiger partial charge in [0, 0.05) is 6.42 Å². The minimum atomic E-state index is -3.09. The van der Waals surface area contributed by atoms with Crippen LogP contribution in [0.25, 0.3) is 0 Å². The number of halogens is 3. The molecule has 1 unspecified atom stereocenters. The summed E-state index contributed by atoms with van der Waals surface area (Å²) in [7, 11) is 0. The van der Waals surface area contributed by atoms with Gasteiger partial charge in [-0.3, -0.25) is 0 Å². The normalized spacial score (nSPS) is 30.9. The van der Waals surface area contributed by atoms with Crippen LogP contribution in [0.15, 0.2) is 0 Å². The summed E-state index contributed by atoms with van der Waals surface area (Å²) in [5.74, 6) is -2.26. The first-order valence-electron chi connectivity index (χ1n) is 5.26. The summed E-state index contributed by atoms with van der Waals surface area (Å²) < 4.78 is 38.1. The Morgan fingerprint density at radius 2 is 1.29 bits per heavy atom. The molecule has 0 aromatic carbocycles. The Labute approximate surface area is 84.9 Å². The van der Waals surface area contributed by atoms with E-state index in [1.54, 1.807) is 0 Å². The van der Waals surface area contributed by atoms with E-state index in [-0.39, 0.29) is 12.8 Å². The molecule has 1 aliphatic carbocycles. The molecule has 0 saturated heterocycles. The van der Waals surface area contributed by atoms with Crippen LogP contribution in [0.3, 0.4) is 0 Å². The van der Waals surface area contributed by atoms with Crippen molar-refractivity contribution in [2.45, 2.75) is 65.0 Å². The zero-order valence-electron chi connectivity index (χ0n) is 9.54. The Morgan fingerprint density at radius 3 is 1.50 bits per heavy atom. The summed E-state index contributed by atoms with van der Waals surface area (Å²) in [5, 5.41) is 0. The highest BCUT2D eigenvalue weighted by atomic mass is 19.3. The first kappa shape index (κ1) is 13.8. The van der Waals surface area contributed by atoms with Gasteiger partial charge in [-0.25, -0.2) is 13.2 Å². The van der Waals surface area contributed by atoms with Gasteiger partial charge in [-0.1, -0.05) is 20.8 Å². The Kier molecular flexibility index (Phi) is 4.96. The van der Waals surface area contributed by atoms with Crippen LogP contribution in [0.2, 0.25) is 0 Å². The molecule has 1 atom stereocenters. The minimum absolute atomic E-state index is 0. The fraction of sp³-hybridized carbons (Fsp3) is 1.00.